The van der Waals surface area contributed by atoms with Gasteiger partial charge in [0.1, 0.15) is 0 Å². The van der Waals surface area contributed by atoms with Gasteiger partial charge in [0.15, 0.2) is 11.0 Å². The highest BCUT2D eigenvalue weighted by Gasteiger charge is 2.26. The molecule has 8 heteroatoms. The van der Waals surface area contributed by atoms with E-state index in [1.165, 1.54) is 11.8 Å². The second kappa shape index (κ2) is 11.5. The number of anilines is 1. The third-order valence-electron chi connectivity index (χ3n) is 4.99. The fourth-order valence-corrected chi connectivity index (χ4v) is 4.00. The summed E-state index contributed by atoms with van der Waals surface area (Å²) in [7, 11) is 0. The predicted octanol–water partition coefficient (Wildman–Crippen LogP) is 4.63. The molecule has 0 aliphatic heterocycles. The van der Waals surface area contributed by atoms with Crippen molar-refractivity contribution in [1.82, 2.24) is 20.1 Å². The number of amides is 2. The summed E-state index contributed by atoms with van der Waals surface area (Å²) in [5, 5.41) is 15.2. The summed E-state index contributed by atoms with van der Waals surface area (Å²) in [5.41, 5.74) is 2.47. The van der Waals surface area contributed by atoms with Gasteiger partial charge >= 0.3 is 0 Å². The van der Waals surface area contributed by atoms with Crippen LogP contribution in [-0.4, -0.2) is 32.3 Å². The second-order valence-electron chi connectivity index (χ2n) is 8.00. The van der Waals surface area contributed by atoms with E-state index in [0.717, 1.165) is 11.3 Å². The first-order valence-corrected chi connectivity index (χ1v) is 11.8. The van der Waals surface area contributed by atoms with Gasteiger partial charge in [0.2, 0.25) is 5.91 Å². The van der Waals surface area contributed by atoms with Crippen LogP contribution in [0.15, 0.2) is 72.4 Å². The fourth-order valence-electron chi connectivity index (χ4n) is 3.25. The zero-order chi connectivity index (χ0) is 23.8. The number of nitrogens with zero attached hydrogens (tertiary/aromatic N) is 3. The smallest absolute Gasteiger partial charge is 0.251 e. The molecule has 0 saturated carbocycles. The zero-order valence-corrected chi connectivity index (χ0v) is 19.9. The van der Waals surface area contributed by atoms with Crippen molar-refractivity contribution in [2.24, 2.45) is 5.92 Å². The van der Waals surface area contributed by atoms with E-state index in [1.54, 1.807) is 18.2 Å². The summed E-state index contributed by atoms with van der Waals surface area (Å²) in [5.74, 6) is 0.598. The molecule has 7 nitrogen and oxygen atoms in total. The van der Waals surface area contributed by atoms with Gasteiger partial charge in [-0.15, -0.1) is 16.8 Å². The number of benzene rings is 2. The minimum Gasteiger partial charge on any atom is -0.342 e. The summed E-state index contributed by atoms with van der Waals surface area (Å²) in [6, 6.07) is 16.4. The van der Waals surface area contributed by atoms with E-state index in [1.807, 2.05) is 67.8 Å². The highest BCUT2D eigenvalue weighted by atomic mass is 32.2. The van der Waals surface area contributed by atoms with Gasteiger partial charge < -0.3 is 15.2 Å². The second-order valence-corrected chi connectivity index (χ2v) is 8.95. The van der Waals surface area contributed by atoms with E-state index in [9.17, 15) is 9.59 Å². The Kier molecular flexibility index (Phi) is 8.43. The van der Waals surface area contributed by atoms with Crippen molar-refractivity contribution in [2.45, 2.75) is 38.5 Å². The average Bonchev–Trinajstić information content (AvgIpc) is 3.20. The maximum atomic E-state index is 12.8. The van der Waals surface area contributed by atoms with Gasteiger partial charge in [-0.2, -0.15) is 0 Å². The molecule has 1 atom stereocenters. The van der Waals surface area contributed by atoms with Crippen molar-refractivity contribution in [1.29, 1.82) is 0 Å². The van der Waals surface area contributed by atoms with E-state index in [4.69, 9.17) is 0 Å². The number of aromatic nitrogens is 3. The largest absolute Gasteiger partial charge is 0.342 e. The van der Waals surface area contributed by atoms with Crippen LogP contribution in [-0.2, 0) is 11.3 Å². The van der Waals surface area contributed by atoms with Crippen molar-refractivity contribution in [3.63, 3.8) is 0 Å². The number of hydrogen-bond acceptors (Lipinski definition) is 5. The number of aryl methyl sites for hydroxylation is 1. The molecule has 0 aliphatic rings. The van der Waals surface area contributed by atoms with Crippen molar-refractivity contribution in [3.8, 4) is 0 Å². The van der Waals surface area contributed by atoms with Gasteiger partial charge in [0.25, 0.3) is 5.91 Å². The van der Waals surface area contributed by atoms with Crippen LogP contribution in [0.1, 0.15) is 41.6 Å². The van der Waals surface area contributed by atoms with Gasteiger partial charge in [-0.05, 0) is 37.1 Å². The van der Waals surface area contributed by atoms with Crippen LogP contribution in [0, 0.1) is 12.8 Å². The monoisotopic (exact) mass is 463 g/mol. The summed E-state index contributed by atoms with van der Waals surface area (Å²) >= 11 is 1.30. The molecule has 3 aromatic rings. The first-order chi connectivity index (χ1) is 15.9. The number of rotatable bonds is 10. The van der Waals surface area contributed by atoms with Crippen LogP contribution in [0.3, 0.4) is 0 Å². The van der Waals surface area contributed by atoms with Crippen molar-refractivity contribution in [3.05, 3.63) is 84.2 Å². The van der Waals surface area contributed by atoms with E-state index in [-0.39, 0.29) is 29.5 Å². The molecule has 33 heavy (non-hydrogen) atoms. The summed E-state index contributed by atoms with van der Waals surface area (Å²) in [6.07, 6.45) is 1.75. The van der Waals surface area contributed by atoms with Crippen LogP contribution in [0.2, 0.25) is 0 Å². The maximum Gasteiger partial charge on any atom is 0.251 e. The molecule has 0 aliphatic carbocycles. The zero-order valence-electron chi connectivity index (χ0n) is 19.1. The Labute approximate surface area is 198 Å². The molecule has 0 fully saturated rings. The molecular formula is C25H29N5O2S. The van der Waals surface area contributed by atoms with Crippen LogP contribution in [0.25, 0.3) is 0 Å². The molecule has 0 saturated heterocycles. The molecule has 0 spiro atoms. The molecule has 172 valence electrons. The fraction of sp³-hybridized carbons (Fsp3) is 0.280. The molecule has 0 bridgehead atoms. The predicted molar refractivity (Wildman–Crippen MR) is 132 cm³/mol. The minimum absolute atomic E-state index is 0.0770. The Morgan fingerprint density at radius 2 is 1.79 bits per heavy atom. The molecule has 2 amide bonds. The molecule has 2 aromatic carbocycles. The highest BCUT2D eigenvalue weighted by Crippen LogP contribution is 2.26. The molecule has 0 unspecified atom stereocenters. The van der Waals surface area contributed by atoms with E-state index >= 15 is 0 Å². The standard InChI is InChI=1S/C25H29N5O2S/c1-5-15-30-23(22(17(2)3)27-24(32)19-9-7-6-8-10-19)28-29-25(30)33-16-21(31)26-20-13-11-18(4)12-14-20/h5-14,17,22H,1,15-16H2,2-4H3,(H,26,31)(H,27,32)/t22-/m1/s1. The summed E-state index contributed by atoms with van der Waals surface area (Å²) in [4.78, 5) is 25.2. The number of carbonyl (C=O) groups is 2. The van der Waals surface area contributed by atoms with Gasteiger partial charge in [0, 0.05) is 17.8 Å². The lowest BCUT2D eigenvalue weighted by atomic mass is 10.0. The van der Waals surface area contributed by atoms with Crippen molar-refractivity contribution < 1.29 is 9.59 Å². The van der Waals surface area contributed by atoms with Gasteiger partial charge in [-0.3, -0.25) is 9.59 Å². The Hall–Kier alpha value is -3.39. The summed E-state index contributed by atoms with van der Waals surface area (Å²) < 4.78 is 1.90. The Bertz CT molecular complexity index is 1090. The molecule has 3 rings (SSSR count). The molecule has 0 radical (unpaired) electrons. The van der Waals surface area contributed by atoms with Gasteiger partial charge in [0.05, 0.1) is 11.8 Å². The van der Waals surface area contributed by atoms with E-state index < -0.39 is 0 Å². The molecule has 1 heterocycles. The van der Waals surface area contributed by atoms with Gasteiger partial charge in [-0.25, -0.2) is 0 Å². The van der Waals surface area contributed by atoms with Crippen LogP contribution >= 0.6 is 11.8 Å². The van der Waals surface area contributed by atoms with E-state index in [0.29, 0.717) is 23.1 Å². The lowest BCUT2D eigenvalue weighted by Gasteiger charge is -2.22. The lowest BCUT2D eigenvalue weighted by molar-refractivity contribution is -0.113. The maximum absolute atomic E-state index is 12.8. The number of thioether (sulfide) groups is 1. The number of allylic oxidation sites excluding steroid dienone is 1. The summed E-state index contributed by atoms with van der Waals surface area (Å²) in [6.45, 7) is 10.3. The van der Waals surface area contributed by atoms with E-state index in [2.05, 4.69) is 27.4 Å². The molecule has 1 aromatic heterocycles. The Balaban J connectivity index is 1.73. The number of nitrogens with one attached hydrogen (secondary N) is 2. The molecular weight excluding hydrogens is 434 g/mol. The third-order valence-corrected chi connectivity index (χ3v) is 5.96. The first kappa shape index (κ1) is 24.3. The average molecular weight is 464 g/mol. The minimum atomic E-state index is -0.346. The van der Waals surface area contributed by atoms with Crippen LogP contribution in [0.5, 0.6) is 0 Å². The SMILES string of the molecule is C=CCn1c(SCC(=O)Nc2ccc(C)cc2)nnc1[C@H](NC(=O)c1ccccc1)C(C)C. The third kappa shape index (κ3) is 6.55. The van der Waals surface area contributed by atoms with Crippen LogP contribution in [0.4, 0.5) is 5.69 Å². The van der Waals surface area contributed by atoms with Crippen molar-refractivity contribution >= 4 is 29.3 Å². The van der Waals surface area contributed by atoms with Crippen molar-refractivity contribution in [2.75, 3.05) is 11.1 Å². The lowest BCUT2D eigenvalue weighted by Crippen LogP contribution is -2.33. The van der Waals surface area contributed by atoms with Crippen LogP contribution < -0.4 is 10.6 Å². The van der Waals surface area contributed by atoms with Gasteiger partial charge in [-0.1, -0.05) is 67.6 Å². The Morgan fingerprint density at radius 3 is 2.42 bits per heavy atom. The quantitative estimate of drug-likeness (QED) is 0.338. The topological polar surface area (TPSA) is 88.9 Å². The number of carbonyl (C=O) groups excluding carboxylic acids is 2. The normalized spacial score (nSPS) is 11.8. The highest BCUT2D eigenvalue weighted by molar-refractivity contribution is 7.99. The number of hydrogen-bond donors (Lipinski definition) is 2. The molecule has 2 N–H and O–H groups in total. The Morgan fingerprint density at radius 1 is 1.09 bits per heavy atom. The first-order valence-electron chi connectivity index (χ1n) is 10.8.